The van der Waals surface area contributed by atoms with Crippen molar-refractivity contribution in [3.05, 3.63) is 29.8 Å². The zero-order chi connectivity index (χ0) is 15.6. The lowest BCUT2D eigenvalue weighted by Crippen LogP contribution is -2.52. The fraction of sp³-hybridized carbons (Fsp3) is 0.529. The molecule has 0 heterocycles. The standard InChI is InChI=1S/C17H24N2O2/c1-11-7-5-6-8-15(11)19-16(21)18-10-13-9-14(12(2)20)17(13,3)4/h5-8,13-14H,9-10H2,1-4H3,(H2,18,19,21). The van der Waals surface area contributed by atoms with Gasteiger partial charge in [-0.1, -0.05) is 32.0 Å². The number of nitrogens with one attached hydrogen (secondary N) is 2. The van der Waals surface area contributed by atoms with E-state index in [1.807, 2.05) is 31.2 Å². The molecular weight excluding hydrogens is 264 g/mol. The number of aryl methyl sites for hydroxylation is 1. The van der Waals surface area contributed by atoms with Gasteiger partial charge < -0.3 is 10.6 Å². The van der Waals surface area contributed by atoms with Gasteiger partial charge in [0.05, 0.1) is 0 Å². The first-order valence-electron chi connectivity index (χ1n) is 7.43. The lowest BCUT2D eigenvalue weighted by molar-refractivity contribution is -0.135. The molecule has 1 saturated carbocycles. The zero-order valence-electron chi connectivity index (χ0n) is 13.2. The first-order chi connectivity index (χ1) is 9.82. The van der Waals surface area contributed by atoms with Crippen molar-refractivity contribution in [2.24, 2.45) is 17.3 Å². The van der Waals surface area contributed by atoms with E-state index in [1.165, 1.54) is 0 Å². The summed E-state index contributed by atoms with van der Waals surface area (Å²) in [6, 6.07) is 7.49. The maximum Gasteiger partial charge on any atom is 0.319 e. The van der Waals surface area contributed by atoms with Crippen LogP contribution in [0.15, 0.2) is 24.3 Å². The predicted molar refractivity (Wildman–Crippen MR) is 84.3 cm³/mol. The lowest BCUT2D eigenvalue weighted by atomic mass is 9.53. The summed E-state index contributed by atoms with van der Waals surface area (Å²) < 4.78 is 0. The molecule has 2 rings (SSSR count). The number of carbonyl (C=O) groups is 2. The maximum absolute atomic E-state index is 11.9. The van der Waals surface area contributed by atoms with Crippen LogP contribution in [-0.2, 0) is 4.79 Å². The van der Waals surface area contributed by atoms with Gasteiger partial charge in [-0.15, -0.1) is 0 Å². The molecule has 0 aliphatic heterocycles. The average Bonchev–Trinajstić information content (AvgIpc) is 2.39. The van der Waals surface area contributed by atoms with Gasteiger partial charge in [0, 0.05) is 18.2 Å². The van der Waals surface area contributed by atoms with Crippen LogP contribution in [0.25, 0.3) is 0 Å². The van der Waals surface area contributed by atoms with Gasteiger partial charge in [0.1, 0.15) is 5.78 Å². The van der Waals surface area contributed by atoms with Crippen molar-refractivity contribution < 1.29 is 9.59 Å². The molecule has 0 aromatic heterocycles. The van der Waals surface area contributed by atoms with Gasteiger partial charge in [-0.3, -0.25) is 4.79 Å². The van der Waals surface area contributed by atoms with Crippen LogP contribution >= 0.6 is 0 Å². The lowest BCUT2D eigenvalue weighted by Gasteiger charge is -2.51. The molecule has 2 N–H and O–H groups in total. The Morgan fingerprint density at radius 2 is 1.95 bits per heavy atom. The topological polar surface area (TPSA) is 58.2 Å². The number of rotatable bonds is 4. The van der Waals surface area contributed by atoms with E-state index in [1.54, 1.807) is 6.92 Å². The van der Waals surface area contributed by atoms with Crippen LogP contribution in [0.5, 0.6) is 0 Å². The van der Waals surface area contributed by atoms with E-state index in [2.05, 4.69) is 24.5 Å². The number of hydrogen-bond acceptors (Lipinski definition) is 2. The number of anilines is 1. The summed E-state index contributed by atoms with van der Waals surface area (Å²) >= 11 is 0. The second-order valence-electron chi connectivity index (χ2n) is 6.57. The van der Waals surface area contributed by atoms with Crippen molar-refractivity contribution in [1.82, 2.24) is 5.32 Å². The summed E-state index contributed by atoms with van der Waals surface area (Å²) in [5.74, 6) is 0.735. The molecule has 1 fully saturated rings. The summed E-state index contributed by atoms with van der Waals surface area (Å²) in [5.41, 5.74) is 1.83. The molecule has 4 heteroatoms. The average molecular weight is 288 g/mol. The second-order valence-corrected chi connectivity index (χ2v) is 6.57. The largest absolute Gasteiger partial charge is 0.338 e. The van der Waals surface area contributed by atoms with Crippen LogP contribution < -0.4 is 10.6 Å². The third-order valence-corrected chi connectivity index (χ3v) is 4.86. The highest BCUT2D eigenvalue weighted by Crippen LogP contribution is 2.51. The van der Waals surface area contributed by atoms with Crippen molar-refractivity contribution in [3.8, 4) is 0 Å². The number of Topliss-reactive ketones (excluding diaryl/α,β-unsaturated/α-hetero) is 1. The Balaban J connectivity index is 1.83. The molecule has 21 heavy (non-hydrogen) atoms. The third-order valence-electron chi connectivity index (χ3n) is 4.86. The van der Waals surface area contributed by atoms with E-state index in [4.69, 9.17) is 0 Å². The van der Waals surface area contributed by atoms with E-state index in [9.17, 15) is 9.59 Å². The molecule has 2 amide bonds. The number of amides is 2. The molecule has 1 aromatic rings. The van der Waals surface area contributed by atoms with E-state index < -0.39 is 0 Å². The van der Waals surface area contributed by atoms with Crippen molar-refractivity contribution in [1.29, 1.82) is 0 Å². The van der Waals surface area contributed by atoms with Crippen LogP contribution in [0.2, 0.25) is 0 Å². The molecular formula is C17H24N2O2. The molecule has 1 aliphatic carbocycles. The van der Waals surface area contributed by atoms with Crippen molar-refractivity contribution in [2.75, 3.05) is 11.9 Å². The Bertz CT molecular complexity index is 551. The Labute approximate surface area is 126 Å². The van der Waals surface area contributed by atoms with E-state index in [0.29, 0.717) is 12.5 Å². The summed E-state index contributed by atoms with van der Waals surface area (Å²) in [4.78, 5) is 23.5. The SMILES string of the molecule is CC(=O)C1CC(CNC(=O)Nc2ccccc2C)C1(C)C. The van der Waals surface area contributed by atoms with Crippen molar-refractivity contribution in [3.63, 3.8) is 0 Å². The molecule has 1 aliphatic rings. The van der Waals surface area contributed by atoms with Gasteiger partial charge >= 0.3 is 6.03 Å². The molecule has 2 unspecified atom stereocenters. The molecule has 114 valence electrons. The van der Waals surface area contributed by atoms with E-state index >= 15 is 0 Å². The van der Waals surface area contributed by atoms with E-state index in [-0.39, 0.29) is 23.1 Å². The summed E-state index contributed by atoms with van der Waals surface area (Å²) in [5, 5.41) is 5.77. The summed E-state index contributed by atoms with van der Waals surface area (Å²) in [6.45, 7) is 8.43. The molecule has 4 nitrogen and oxygen atoms in total. The molecule has 2 atom stereocenters. The van der Waals surface area contributed by atoms with Crippen LogP contribution in [0.3, 0.4) is 0 Å². The first-order valence-corrected chi connectivity index (χ1v) is 7.43. The molecule has 0 radical (unpaired) electrons. The fourth-order valence-corrected chi connectivity index (χ4v) is 3.15. The molecule has 0 spiro atoms. The van der Waals surface area contributed by atoms with Gasteiger partial charge in [-0.2, -0.15) is 0 Å². The van der Waals surface area contributed by atoms with Gasteiger partial charge in [0.2, 0.25) is 0 Å². The minimum Gasteiger partial charge on any atom is -0.338 e. The van der Waals surface area contributed by atoms with Crippen LogP contribution in [-0.4, -0.2) is 18.4 Å². The summed E-state index contributed by atoms with van der Waals surface area (Å²) in [7, 11) is 0. The molecule has 0 saturated heterocycles. The van der Waals surface area contributed by atoms with Crippen LogP contribution in [0.1, 0.15) is 32.8 Å². The minimum atomic E-state index is -0.189. The van der Waals surface area contributed by atoms with Crippen molar-refractivity contribution >= 4 is 17.5 Å². The minimum absolute atomic E-state index is 0.0260. The quantitative estimate of drug-likeness (QED) is 0.892. The second kappa shape index (κ2) is 5.88. The normalized spacial score (nSPS) is 23.0. The highest BCUT2D eigenvalue weighted by Gasteiger charge is 2.49. The zero-order valence-corrected chi connectivity index (χ0v) is 13.2. The third kappa shape index (κ3) is 3.26. The van der Waals surface area contributed by atoms with Crippen LogP contribution in [0, 0.1) is 24.2 Å². The molecule has 0 bridgehead atoms. The highest BCUT2D eigenvalue weighted by atomic mass is 16.2. The van der Waals surface area contributed by atoms with Crippen molar-refractivity contribution in [2.45, 2.75) is 34.1 Å². The summed E-state index contributed by atoms with van der Waals surface area (Å²) in [6.07, 6.45) is 0.868. The highest BCUT2D eigenvalue weighted by molar-refractivity contribution is 5.90. The Morgan fingerprint density at radius 1 is 1.29 bits per heavy atom. The van der Waals surface area contributed by atoms with Gasteiger partial charge in [-0.25, -0.2) is 4.79 Å². The van der Waals surface area contributed by atoms with E-state index in [0.717, 1.165) is 17.7 Å². The maximum atomic E-state index is 11.9. The number of benzene rings is 1. The van der Waals surface area contributed by atoms with Gasteiger partial charge in [0.15, 0.2) is 0 Å². The number of urea groups is 1. The Kier molecular flexibility index (Phi) is 4.35. The number of hydrogen-bond donors (Lipinski definition) is 2. The van der Waals surface area contributed by atoms with Crippen LogP contribution in [0.4, 0.5) is 10.5 Å². The Morgan fingerprint density at radius 3 is 2.52 bits per heavy atom. The molecule has 1 aromatic carbocycles. The monoisotopic (exact) mass is 288 g/mol. The first kappa shape index (κ1) is 15.5. The Hall–Kier alpha value is -1.84. The predicted octanol–water partition coefficient (Wildman–Crippen LogP) is 3.37. The van der Waals surface area contributed by atoms with Gasteiger partial charge in [-0.05, 0) is 43.2 Å². The number of para-hydroxylation sites is 1. The van der Waals surface area contributed by atoms with Gasteiger partial charge in [0.25, 0.3) is 0 Å². The smallest absolute Gasteiger partial charge is 0.319 e. The number of carbonyl (C=O) groups excluding carboxylic acids is 2. The fourth-order valence-electron chi connectivity index (χ4n) is 3.15. The number of ketones is 1.